The molecule has 0 aromatic carbocycles. The second kappa shape index (κ2) is 3.63. The molecule has 0 radical (unpaired) electrons. The SMILES string of the molecule is CC(C)NCc1cnc(C2CC2(C)C)[nH]1. The molecule has 0 spiro atoms. The largest absolute Gasteiger partial charge is 0.345 e. The lowest BCUT2D eigenvalue weighted by atomic mass is 10.1. The average molecular weight is 207 g/mol. The summed E-state index contributed by atoms with van der Waals surface area (Å²) in [6, 6.07) is 0.522. The molecule has 1 aliphatic rings. The van der Waals surface area contributed by atoms with E-state index in [1.807, 2.05) is 6.20 Å². The van der Waals surface area contributed by atoms with Gasteiger partial charge in [0, 0.05) is 30.4 Å². The first-order chi connectivity index (χ1) is 6.99. The van der Waals surface area contributed by atoms with Gasteiger partial charge in [-0.25, -0.2) is 4.98 Å². The lowest BCUT2D eigenvalue weighted by Crippen LogP contribution is -2.21. The summed E-state index contributed by atoms with van der Waals surface area (Å²) < 4.78 is 0. The first-order valence-electron chi connectivity index (χ1n) is 5.76. The normalized spacial score (nSPS) is 23.4. The predicted molar refractivity (Wildman–Crippen MR) is 61.7 cm³/mol. The van der Waals surface area contributed by atoms with Crippen LogP contribution in [-0.4, -0.2) is 16.0 Å². The third-order valence-corrected chi connectivity index (χ3v) is 3.19. The number of nitrogens with zero attached hydrogens (tertiary/aromatic N) is 1. The number of aromatic amines is 1. The van der Waals surface area contributed by atoms with Gasteiger partial charge in [-0.15, -0.1) is 0 Å². The molecule has 0 aliphatic heterocycles. The minimum Gasteiger partial charge on any atom is -0.345 e. The molecule has 0 amide bonds. The van der Waals surface area contributed by atoms with Crippen LogP contribution in [0.1, 0.15) is 51.6 Å². The predicted octanol–water partition coefficient (Wildman–Crippen LogP) is 2.42. The lowest BCUT2D eigenvalue weighted by molar-refractivity contribution is 0.580. The first-order valence-corrected chi connectivity index (χ1v) is 5.76. The number of hydrogen-bond donors (Lipinski definition) is 2. The van der Waals surface area contributed by atoms with E-state index in [9.17, 15) is 0 Å². The van der Waals surface area contributed by atoms with Gasteiger partial charge in [-0.05, 0) is 11.8 Å². The smallest absolute Gasteiger partial charge is 0.109 e. The molecule has 1 aromatic rings. The summed E-state index contributed by atoms with van der Waals surface area (Å²) in [4.78, 5) is 7.87. The Labute approximate surface area is 91.7 Å². The van der Waals surface area contributed by atoms with Crippen molar-refractivity contribution < 1.29 is 0 Å². The standard InChI is InChI=1S/C12H21N3/c1-8(2)13-6-9-7-14-11(15-9)10-5-12(10,3)4/h7-8,10,13H,5-6H2,1-4H3,(H,14,15). The van der Waals surface area contributed by atoms with Gasteiger partial charge >= 0.3 is 0 Å². The molecule has 0 bridgehead atoms. The summed E-state index contributed by atoms with van der Waals surface area (Å²) in [6.45, 7) is 9.79. The van der Waals surface area contributed by atoms with Gasteiger partial charge in [-0.3, -0.25) is 0 Å². The van der Waals surface area contributed by atoms with E-state index in [1.165, 1.54) is 17.9 Å². The zero-order chi connectivity index (χ0) is 11.1. The minimum atomic E-state index is 0.459. The van der Waals surface area contributed by atoms with Crippen molar-refractivity contribution in [2.45, 2.75) is 52.6 Å². The summed E-state index contributed by atoms with van der Waals surface area (Å²) >= 11 is 0. The Balaban J connectivity index is 1.93. The van der Waals surface area contributed by atoms with E-state index in [4.69, 9.17) is 0 Å². The number of hydrogen-bond acceptors (Lipinski definition) is 2. The highest BCUT2D eigenvalue weighted by molar-refractivity contribution is 5.17. The highest BCUT2D eigenvalue weighted by atomic mass is 15.0. The lowest BCUT2D eigenvalue weighted by Gasteiger charge is -2.05. The Morgan fingerprint density at radius 2 is 2.27 bits per heavy atom. The number of rotatable bonds is 4. The van der Waals surface area contributed by atoms with Crippen molar-refractivity contribution in [3.8, 4) is 0 Å². The Morgan fingerprint density at radius 1 is 1.60 bits per heavy atom. The molecule has 84 valence electrons. The van der Waals surface area contributed by atoms with E-state index in [0.29, 0.717) is 17.4 Å². The molecular formula is C12H21N3. The van der Waals surface area contributed by atoms with Crippen molar-refractivity contribution in [2.75, 3.05) is 0 Å². The number of nitrogens with one attached hydrogen (secondary N) is 2. The maximum atomic E-state index is 4.46. The highest BCUT2D eigenvalue weighted by Crippen LogP contribution is 2.57. The zero-order valence-electron chi connectivity index (χ0n) is 10.1. The fraction of sp³-hybridized carbons (Fsp3) is 0.750. The van der Waals surface area contributed by atoms with Gasteiger partial charge in [0.25, 0.3) is 0 Å². The molecule has 1 heterocycles. The molecule has 1 atom stereocenters. The van der Waals surface area contributed by atoms with Crippen LogP contribution in [0, 0.1) is 5.41 Å². The molecule has 3 nitrogen and oxygen atoms in total. The van der Waals surface area contributed by atoms with Crippen LogP contribution in [0.15, 0.2) is 6.20 Å². The Bertz CT molecular complexity index is 338. The van der Waals surface area contributed by atoms with E-state index in [1.54, 1.807) is 0 Å². The zero-order valence-corrected chi connectivity index (χ0v) is 10.1. The molecule has 1 saturated carbocycles. The third-order valence-electron chi connectivity index (χ3n) is 3.19. The minimum absolute atomic E-state index is 0.459. The molecule has 15 heavy (non-hydrogen) atoms. The van der Waals surface area contributed by atoms with Crippen LogP contribution in [-0.2, 0) is 6.54 Å². The van der Waals surface area contributed by atoms with Gasteiger partial charge in [-0.2, -0.15) is 0 Å². The first kappa shape index (κ1) is 10.7. The van der Waals surface area contributed by atoms with Gasteiger partial charge in [0.05, 0.1) is 0 Å². The van der Waals surface area contributed by atoms with Crippen molar-refractivity contribution in [2.24, 2.45) is 5.41 Å². The van der Waals surface area contributed by atoms with Crippen LogP contribution >= 0.6 is 0 Å². The van der Waals surface area contributed by atoms with Crippen LogP contribution in [0.5, 0.6) is 0 Å². The maximum absolute atomic E-state index is 4.46. The van der Waals surface area contributed by atoms with Gasteiger partial charge < -0.3 is 10.3 Å². The molecular weight excluding hydrogens is 186 g/mol. The molecule has 0 saturated heterocycles. The Morgan fingerprint density at radius 3 is 2.80 bits per heavy atom. The summed E-state index contributed by atoms with van der Waals surface area (Å²) in [5.41, 5.74) is 1.65. The van der Waals surface area contributed by atoms with Crippen molar-refractivity contribution in [3.05, 3.63) is 17.7 Å². The second-order valence-corrected chi connectivity index (χ2v) is 5.57. The maximum Gasteiger partial charge on any atom is 0.109 e. The van der Waals surface area contributed by atoms with Gasteiger partial charge in [0.2, 0.25) is 0 Å². The monoisotopic (exact) mass is 207 g/mol. The van der Waals surface area contributed by atoms with Crippen molar-refractivity contribution >= 4 is 0 Å². The fourth-order valence-corrected chi connectivity index (χ4v) is 1.89. The summed E-state index contributed by atoms with van der Waals surface area (Å²) in [5.74, 6) is 1.81. The molecule has 1 aromatic heterocycles. The Hall–Kier alpha value is -0.830. The molecule has 2 rings (SSSR count). The molecule has 3 heteroatoms. The number of imidazole rings is 1. The van der Waals surface area contributed by atoms with E-state index in [2.05, 4.69) is 43.0 Å². The molecule has 1 aliphatic carbocycles. The van der Waals surface area contributed by atoms with Crippen LogP contribution in [0.2, 0.25) is 0 Å². The summed E-state index contributed by atoms with van der Waals surface area (Å²) in [5, 5.41) is 3.38. The van der Waals surface area contributed by atoms with Gasteiger partial charge in [0.15, 0.2) is 0 Å². The summed E-state index contributed by atoms with van der Waals surface area (Å²) in [6.07, 6.45) is 3.22. The van der Waals surface area contributed by atoms with E-state index >= 15 is 0 Å². The van der Waals surface area contributed by atoms with Crippen LogP contribution in [0.3, 0.4) is 0 Å². The highest BCUT2D eigenvalue weighted by Gasteiger charge is 2.48. The number of aromatic nitrogens is 2. The van der Waals surface area contributed by atoms with E-state index < -0.39 is 0 Å². The molecule has 2 N–H and O–H groups in total. The third kappa shape index (κ3) is 2.40. The van der Waals surface area contributed by atoms with Gasteiger partial charge in [0.1, 0.15) is 5.82 Å². The molecule has 1 fully saturated rings. The van der Waals surface area contributed by atoms with E-state index in [0.717, 1.165) is 6.54 Å². The van der Waals surface area contributed by atoms with Crippen molar-refractivity contribution in [3.63, 3.8) is 0 Å². The average Bonchev–Trinajstić information content (AvgIpc) is 2.63. The van der Waals surface area contributed by atoms with Crippen molar-refractivity contribution in [1.29, 1.82) is 0 Å². The molecule has 1 unspecified atom stereocenters. The van der Waals surface area contributed by atoms with Crippen LogP contribution < -0.4 is 5.32 Å². The quantitative estimate of drug-likeness (QED) is 0.796. The van der Waals surface area contributed by atoms with Crippen molar-refractivity contribution in [1.82, 2.24) is 15.3 Å². The number of H-pyrrole nitrogens is 1. The van der Waals surface area contributed by atoms with Gasteiger partial charge in [-0.1, -0.05) is 27.7 Å². The van der Waals surface area contributed by atoms with Crippen LogP contribution in [0.4, 0.5) is 0 Å². The van der Waals surface area contributed by atoms with E-state index in [-0.39, 0.29) is 0 Å². The summed E-state index contributed by atoms with van der Waals surface area (Å²) in [7, 11) is 0. The second-order valence-electron chi connectivity index (χ2n) is 5.57. The fourth-order valence-electron chi connectivity index (χ4n) is 1.89. The Kier molecular flexibility index (Phi) is 2.59. The topological polar surface area (TPSA) is 40.7 Å². The van der Waals surface area contributed by atoms with Crippen LogP contribution in [0.25, 0.3) is 0 Å².